The van der Waals surface area contributed by atoms with Crippen LogP contribution in [0.15, 0.2) is 36.5 Å². The molecule has 1 aliphatic heterocycles. The lowest BCUT2D eigenvalue weighted by Crippen LogP contribution is -2.41. The number of hydrogen-bond acceptors (Lipinski definition) is 5. The van der Waals surface area contributed by atoms with Gasteiger partial charge in [-0.2, -0.15) is 0 Å². The monoisotopic (exact) mass is 341 g/mol. The molecule has 0 radical (unpaired) electrons. The maximum Gasteiger partial charge on any atom is 0.248 e. The van der Waals surface area contributed by atoms with Crippen molar-refractivity contribution in [1.82, 2.24) is 14.9 Å². The molecule has 0 bridgehead atoms. The SMILES string of the molecule is COCC(=O)N1CCC[C@@H](c2ccnc(-c3ccc(OC)cc3)n2)C1. The van der Waals surface area contributed by atoms with Gasteiger partial charge in [0.15, 0.2) is 5.82 Å². The van der Waals surface area contributed by atoms with E-state index in [4.69, 9.17) is 14.5 Å². The largest absolute Gasteiger partial charge is 0.497 e. The molecule has 6 heteroatoms. The number of piperidine rings is 1. The molecule has 1 aromatic carbocycles. The first-order valence-corrected chi connectivity index (χ1v) is 8.45. The Bertz CT molecular complexity index is 718. The van der Waals surface area contributed by atoms with Crippen molar-refractivity contribution in [2.75, 3.05) is 33.9 Å². The van der Waals surface area contributed by atoms with Crippen molar-refractivity contribution < 1.29 is 14.3 Å². The third kappa shape index (κ3) is 4.14. The molecule has 25 heavy (non-hydrogen) atoms. The Kier molecular flexibility index (Phi) is 5.60. The van der Waals surface area contributed by atoms with Gasteiger partial charge in [-0.05, 0) is 43.2 Å². The van der Waals surface area contributed by atoms with Crippen molar-refractivity contribution in [2.45, 2.75) is 18.8 Å². The van der Waals surface area contributed by atoms with Crippen LogP contribution in [-0.4, -0.2) is 54.7 Å². The summed E-state index contributed by atoms with van der Waals surface area (Å²) in [6, 6.07) is 9.65. The smallest absolute Gasteiger partial charge is 0.248 e. The van der Waals surface area contributed by atoms with E-state index >= 15 is 0 Å². The number of aromatic nitrogens is 2. The van der Waals surface area contributed by atoms with Crippen molar-refractivity contribution in [3.8, 4) is 17.1 Å². The van der Waals surface area contributed by atoms with Crippen molar-refractivity contribution >= 4 is 5.91 Å². The summed E-state index contributed by atoms with van der Waals surface area (Å²) >= 11 is 0. The van der Waals surface area contributed by atoms with E-state index in [1.807, 2.05) is 35.2 Å². The molecule has 2 heterocycles. The minimum absolute atomic E-state index is 0.0385. The highest BCUT2D eigenvalue weighted by atomic mass is 16.5. The molecule has 1 aliphatic rings. The summed E-state index contributed by atoms with van der Waals surface area (Å²) in [6.07, 6.45) is 3.79. The first-order valence-electron chi connectivity index (χ1n) is 8.45. The number of rotatable bonds is 5. The van der Waals surface area contributed by atoms with Crippen molar-refractivity contribution in [1.29, 1.82) is 0 Å². The molecule has 1 amide bonds. The van der Waals surface area contributed by atoms with Gasteiger partial charge in [-0.15, -0.1) is 0 Å². The molecule has 0 spiro atoms. The minimum atomic E-state index is 0.0385. The molecule has 1 fully saturated rings. The van der Waals surface area contributed by atoms with E-state index in [2.05, 4.69) is 4.98 Å². The highest BCUT2D eigenvalue weighted by molar-refractivity contribution is 5.77. The van der Waals surface area contributed by atoms with E-state index in [0.29, 0.717) is 12.4 Å². The molecule has 3 rings (SSSR count). The zero-order chi connectivity index (χ0) is 17.6. The van der Waals surface area contributed by atoms with Gasteiger partial charge in [-0.25, -0.2) is 9.97 Å². The van der Waals surface area contributed by atoms with Crippen LogP contribution in [0.25, 0.3) is 11.4 Å². The summed E-state index contributed by atoms with van der Waals surface area (Å²) in [5.74, 6) is 1.77. The molecule has 1 saturated heterocycles. The van der Waals surface area contributed by atoms with Gasteiger partial charge in [0, 0.05) is 43.6 Å². The topological polar surface area (TPSA) is 64.5 Å². The van der Waals surface area contributed by atoms with Crippen molar-refractivity contribution in [2.24, 2.45) is 0 Å². The fraction of sp³-hybridized carbons (Fsp3) is 0.421. The molecule has 0 saturated carbocycles. The van der Waals surface area contributed by atoms with E-state index < -0.39 is 0 Å². The van der Waals surface area contributed by atoms with E-state index in [1.54, 1.807) is 20.4 Å². The second-order valence-electron chi connectivity index (χ2n) is 6.15. The van der Waals surface area contributed by atoms with E-state index in [9.17, 15) is 4.79 Å². The number of likely N-dealkylation sites (tertiary alicyclic amines) is 1. The highest BCUT2D eigenvalue weighted by Crippen LogP contribution is 2.27. The average Bonchev–Trinajstić information content (AvgIpc) is 2.68. The Morgan fingerprint density at radius 1 is 1.24 bits per heavy atom. The molecule has 6 nitrogen and oxygen atoms in total. The lowest BCUT2D eigenvalue weighted by atomic mass is 9.94. The number of nitrogens with zero attached hydrogens (tertiary/aromatic N) is 3. The molecule has 0 aliphatic carbocycles. The maximum absolute atomic E-state index is 12.1. The van der Waals surface area contributed by atoms with E-state index in [0.717, 1.165) is 36.4 Å². The summed E-state index contributed by atoms with van der Waals surface area (Å²) in [4.78, 5) is 23.1. The van der Waals surface area contributed by atoms with Crippen molar-refractivity contribution in [3.63, 3.8) is 0 Å². The number of hydrogen-bond donors (Lipinski definition) is 0. The third-order valence-corrected chi connectivity index (χ3v) is 4.49. The second-order valence-corrected chi connectivity index (χ2v) is 6.15. The fourth-order valence-corrected chi connectivity index (χ4v) is 3.14. The van der Waals surface area contributed by atoms with Crippen LogP contribution in [0.1, 0.15) is 24.5 Å². The average molecular weight is 341 g/mol. The van der Waals surface area contributed by atoms with Crippen LogP contribution in [0.4, 0.5) is 0 Å². The van der Waals surface area contributed by atoms with Crippen LogP contribution in [0.5, 0.6) is 5.75 Å². The van der Waals surface area contributed by atoms with Gasteiger partial charge >= 0.3 is 0 Å². The molecular formula is C19H23N3O3. The molecule has 1 atom stereocenters. The Morgan fingerprint density at radius 3 is 2.76 bits per heavy atom. The molecule has 1 aromatic heterocycles. The number of carbonyl (C=O) groups is 1. The lowest BCUT2D eigenvalue weighted by Gasteiger charge is -2.32. The summed E-state index contributed by atoms with van der Waals surface area (Å²) in [5, 5.41) is 0. The fourth-order valence-electron chi connectivity index (χ4n) is 3.14. The third-order valence-electron chi connectivity index (χ3n) is 4.49. The standard InChI is InChI=1S/C19H23N3O3/c1-24-13-18(23)22-11-3-4-15(12-22)17-9-10-20-19(21-17)14-5-7-16(25-2)8-6-14/h5-10,15H,3-4,11-13H2,1-2H3/t15-/m1/s1. The summed E-state index contributed by atoms with van der Waals surface area (Å²) in [5.41, 5.74) is 1.93. The van der Waals surface area contributed by atoms with Crippen LogP contribution in [0.3, 0.4) is 0 Å². The zero-order valence-corrected chi connectivity index (χ0v) is 14.6. The Labute approximate surface area is 147 Å². The molecule has 132 valence electrons. The molecule has 0 N–H and O–H groups in total. The second kappa shape index (κ2) is 8.07. The van der Waals surface area contributed by atoms with Gasteiger partial charge in [-0.3, -0.25) is 4.79 Å². The Balaban J connectivity index is 1.77. The molecule has 0 unspecified atom stereocenters. The zero-order valence-electron chi connectivity index (χ0n) is 14.6. The van der Waals surface area contributed by atoms with Crippen LogP contribution in [0, 0.1) is 0 Å². The van der Waals surface area contributed by atoms with Crippen LogP contribution < -0.4 is 4.74 Å². The lowest BCUT2D eigenvalue weighted by molar-refractivity contribution is -0.136. The van der Waals surface area contributed by atoms with Crippen LogP contribution in [0.2, 0.25) is 0 Å². The number of carbonyl (C=O) groups excluding carboxylic acids is 1. The van der Waals surface area contributed by atoms with Gasteiger partial charge in [0.2, 0.25) is 5.91 Å². The molecule has 2 aromatic rings. The summed E-state index contributed by atoms with van der Waals surface area (Å²) < 4.78 is 10.2. The minimum Gasteiger partial charge on any atom is -0.497 e. The van der Waals surface area contributed by atoms with Gasteiger partial charge < -0.3 is 14.4 Å². The van der Waals surface area contributed by atoms with Gasteiger partial charge in [-0.1, -0.05) is 0 Å². The van der Waals surface area contributed by atoms with Crippen molar-refractivity contribution in [3.05, 3.63) is 42.2 Å². The van der Waals surface area contributed by atoms with Gasteiger partial charge in [0.25, 0.3) is 0 Å². The number of amides is 1. The number of benzene rings is 1. The quantitative estimate of drug-likeness (QED) is 0.836. The van der Waals surface area contributed by atoms with Crippen LogP contribution >= 0.6 is 0 Å². The predicted molar refractivity (Wildman–Crippen MR) is 94.5 cm³/mol. The number of methoxy groups -OCH3 is 2. The first-order chi connectivity index (χ1) is 12.2. The Hall–Kier alpha value is -2.47. The Morgan fingerprint density at radius 2 is 2.04 bits per heavy atom. The highest BCUT2D eigenvalue weighted by Gasteiger charge is 2.25. The number of ether oxygens (including phenoxy) is 2. The molecular weight excluding hydrogens is 318 g/mol. The summed E-state index contributed by atoms with van der Waals surface area (Å²) in [7, 11) is 3.19. The van der Waals surface area contributed by atoms with E-state index in [1.165, 1.54) is 0 Å². The normalized spacial score (nSPS) is 17.4. The predicted octanol–water partition coefficient (Wildman–Crippen LogP) is 2.50. The first kappa shape index (κ1) is 17.4. The van der Waals surface area contributed by atoms with Gasteiger partial charge in [0.05, 0.1) is 7.11 Å². The van der Waals surface area contributed by atoms with Gasteiger partial charge in [0.1, 0.15) is 12.4 Å². The summed E-state index contributed by atoms with van der Waals surface area (Å²) in [6.45, 7) is 1.60. The van der Waals surface area contributed by atoms with E-state index in [-0.39, 0.29) is 18.4 Å². The maximum atomic E-state index is 12.1. The van der Waals surface area contributed by atoms with Crippen LogP contribution in [-0.2, 0) is 9.53 Å².